The molecule has 192 valence electrons. The predicted molar refractivity (Wildman–Crippen MR) is 133 cm³/mol. The van der Waals surface area contributed by atoms with Gasteiger partial charge in [-0.05, 0) is 63.2 Å². The molecule has 9 nitrogen and oxygen atoms in total. The summed E-state index contributed by atoms with van der Waals surface area (Å²) in [5, 5.41) is 2.82. The topological polar surface area (TPSA) is 103 Å². The zero-order valence-electron chi connectivity index (χ0n) is 20.9. The first-order chi connectivity index (χ1) is 17.2. The van der Waals surface area contributed by atoms with Crippen molar-refractivity contribution in [1.29, 1.82) is 0 Å². The minimum absolute atomic E-state index is 0.269. The van der Waals surface area contributed by atoms with Crippen LogP contribution in [0, 0.1) is 0 Å². The summed E-state index contributed by atoms with van der Waals surface area (Å²) in [6.45, 7) is 7.55. The van der Waals surface area contributed by atoms with Crippen molar-refractivity contribution in [2.75, 3.05) is 31.6 Å². The van der Waals surface area contributed by atoms with Crippen molar-refractivity contribution in [3.8, 4) is 11.5 Å². The second-order valence-corrected chi connectivity index (χ2v) is 9.82. The maximum atomic E-state index is 12.7. The van der Waals surface area contributed by atoms with Crippen molar-refractivity contribution >= 4 is 23.7 Å². The molecule has 36 heavy (non-hydrogen) atoms. The van der Waals surface area contributed by atoms with Crippen molar-refractivity contribution in [3.63, 3.8) is 0 Å². The third-order valence-corrected chi connectivity index (χ3v) is 5.76. The SMILES string of the molecule is CC(C)(C)OC(=O)N1CCC(OC(=O)c2ccc(NC(=O)c3ccc4c(c3)OCCCO4)cc2)CC1. The summed E-state index contributed by atoms with van der Waals surface area (Å²) in [5.74, 6) is 0.446. The summed E-state index contributed by atoms with van der Waals surface area (Å²) < 4.78 is 22.3. The van der Waals surface area contributed by atoms with Crippen LogP contribution in [0.25, 0.3) is 0 Å². The van der Waals surface area contributed by atoms with E-state index >= 15 is 0 Å². The van der Waals surface area contributed by atoms with Gasteiger partial charge in [0.05, 0.1) is 18.8 Å². The van der Waals surface area contributed by atoms with Gasteiger partial charge in [-0.15, -0.1) is 0 Å². The molecule has 2 aromatic rings. The number of likely N-dealkylation sites (tertiary alicyclic amines) is 1. The minimum Gasteiger partial charge on any atom is -0.490 e. The zero-order valence-corrected chi connectivity index (χ0v) is 20.9. The van der Waals surface area contributed by atoms with Crippen LogP contribution in [0.2, 0.25) is 0 Å². The summed E-state index contributed by atoms with van der Waals surface area (Å²) in [6.07, 6.45) is 1.27. The Morgan fingerprint density at radius 1 is 0.917 bits per heavy atom. The fourth-order valence-electron chi connectivity index (χ4n) is 3.90. The average Bonchev–Trinajstić information content (AvgIpc) is 3.09. The second-order valence-electron chi connectivity index (χ2n) is 9.82. The van der Waals surface area contributed by atoms with Gasteiger partial charge in [0.2, 0.25) is 0 Å². The van der Waals surface area contributed by atoms with Gasteiger partial charge in [0, 0.05) is 43.6 Å². The molecular formula is C27H32N2O7. The van der Waals surface area contributed by atoms with E-state index in [4.69, 9.17) is 18.9 Å². The highest BCUT2D eigenvalue weighted by Gasteiger charge is 2.28. The third-order valence-electron chi connectivity index (χ3n) is 5.76. The average molecular weight is 497 g/mol. The first-order valence-corrected chi connectivity index (χ1v) is 12.2. The number of nitrogens with one attached hydrogen (secondary N) is 1. The number of piperidine rings is 1. The van der Waals surface area contributed by atoms with E-state index in [2.05, 4.69) is 5.32 Å². The van der Waals surface area contributed by atoms with E-state index < -0.39 is 11.6 Å². The number of benzene rings is 2. The highest BCUT2D eigenvalue weighted by molar-refractivity contribution is 6.05. The summed E-state index contributed by atoms with van der Waals surface area (Å²) in [4.78, 5) is 39.1. The van der Waals surface area contributed by atoms with E-state index in [1.807, 2.05) is 20.8 Å². The molecule has 1 saturated heterocycles. The van der Waals surface area contributed by atoms with Gasteiger partial charge in [0.15, 0.2) is 11.5 Å². The Balaban J connectivity index is 1.27. The lowest BCUT2D eigenvalue weighted by molar-refractivity contribution is -0.00341. The van der Waals surface area contributed by atoms with Gasteiger partial charge < -0.3 is 29.2 Å². The normalized spacial score (nSPS) is 16.0. The largest absolute Gasteiger partial charge is 0.490 e. The van der Waals surface area contributed by atoms with Crippen LogP contribution in [-0.2, 0) is 9.47 Å². The van der Waals surface area contributed by atoms with E-state index in [-0.39, 0.29) is 18.1 Å². The highest BCUT2D eigenvalue weighted by atomic mass is 16.6. The molecule has 1 fully saturated rings. The molecule has 0 spiro atoms. The van der Waals surface area contributed by atoms with Gasteiger partial charge in [-0.25, -0.2) is 9.59 Å². The lowest BCUT2D eigenvalue weighted by atomic mass is 10.1. The Morgan fingerprint density at radius 2 is 1.56 bits per heavy atom. The molecule has 0 unspecified atom stereocenters. The van der Waals surface area contributed by atoms with Gasteiger partial charge in [0.1, 0.15) is 11.7 Å². The third kappa shape index (κ3) is 6.68. The number of hydrogen-bond acceptors (Lipinski definition) is 7. The number of nitrogens with zero attached hydrogens (tertiary/aromatic N) is 1. The number of carbonyl (C=O) groups is 3. The number of esters is 1. The molecule has 0 bridgehead atoms. The highest BCUT2D eigenvalue weighted by Crippen LogP contribution is 2.30. The number of fused-ring (bicyclic) bond motifs is 1. The van der Waals surface area contributed by atoms with E-state index in [1.165, 1.54) is 0 Å². The first kappa shape index (κ1) is 25.3. The van der Waals surface area contributed by atoms with Crippen LogP contribution in [-0.4, -0.2) is 60.9 Å². The molecular weight excluding hydrogens is 464 g/mol. The molecule has 2 aliphatic rings. The van der Waals surface area contributed by atoms with Crippen molar-refractivity contribution in [2.24, 2.45) is 0 Å². The second kappa shape index (κ2) is 10.9. The Bertz CT molecular complexity index is 1100. The Hall–Kier alpha value is -3.75. The Morgan fingerprint density at radius 3 is 2.22 bits per heavy atom. The number of ether oxygens (including phenoxy) is 4. The molecule has 0 saturated carbocycles. The van der Waals surface area contributed by atoms with Crippen LogP contribution in [0.1, 0.15) is 60.7 Å². The summed E-state index contributed by atoms with van der Waals surface area (Å²) in [7, 11) is 0. The van der Waals surface area contributed by atoms with Gasteiger partial charge in [-0.2, -0.15) is 0 Å². The van der Waals surface area contributed by atoms with E-state index in [9.17, 15) is 14.4 Å². The fourth-order valence-corrected chi connectivity index (χ4v) is 3.90. The Kier molecular flexibility index (Phi) is 7.67. The monoisotopic (exact) mass is 496 g/mol. The van der Waals surface area contributed by atoms with Crippen LogP contribution in [0.15, 0.2) is 42.5 Å². The molecule has 2 aliphatic heterocycles. The van der Waals surface area contributed by atoms with Gasteiger partial charge >= 0.3 is 12.1 Å². The molecule has 2 heterocycles. The fraction of sp³-hybridized carbons (Fsp3) is 0.444. The molecule has 0 atom stereocenters. The minimum atomic E-state index is -0.546. The van der Waals surface area contributed by atoms with Crippen molar-refractivity contribution in [3.05, 3.63) is 53.6 Å². The maximum absolute atomic E-state index is 12.7. The van der Waals surface area contributed by atoms with Crippen molar-refractivity contribution < 1.29 is 33.3 Å². The van der Waals surface area contributed by atoms with E-state index in [0.717, 1.165) is 6.42 Å². The molecule has 1 N–H and O–H groups in total. The van der Waals surface area contributed by atoms with Gasteiger partial charge in [-0.1, -0.05) is 0 Å². The lowest BCUT2D eigenvalue weighted by Crippen LogP contribution is -2.43. The number of rotatable bonds is 4. The quantitative estimate of drug-likeness (QED) is 0.614. The maximum Gasteiger partial charge on any atom is 0.410 e. The molecule has 2 amide bonds. The molecule has 0 radical (unpaired) electrons. The Labute approximate surface area is 210 Å². The van der Waals surface area contributed by atoms with E-state index in [1.54, 1.807) is 47.4 Å². The molecule has 4 rings (SSSR count). The van der Waals surface area contributed by atoms with E-state index in [0.29, 0.717) is 67.5 Å². The molecule has 9 heteroatoms. The lowest BCUT2D eigenvalue weighted by Gasteiger charge is -2.33. The van der Waals surface area contributed by atoms with Crippen LogP contribution in [0.3, 0.4) is 0 Å². The zero-order chi connectivity index (χ0) is 25.7. The standard InChI is InChI=1S/C27H32N2O7/c1-27(2,3)36-26(32)29-13-11-21(12-14-29)35-25(31)18-5-8-20(9-6-18)28-24(30)19-7-10-22-23(17-19)34-16-4-15-33-22/h5-10,17,21H,4,11-16H2,1-3H3,(H,28,30). The number of hydrogen-bond donors (Lipinski definition) is 1. The number of amides is 2. The molecule has 0 aliphatic carbocycles. The summed E-state index contributed by atoms with van der Waals surface area (Å²) >= 11 is 0. The first-order valence-electron chi connectivity index (χ1n) is 12.2. The van der Waals surface area contributed by atoms with Crippen molar-refractivity contribution in [1.82, 2.24) is 4.90 Å². The van der Waals surface area contributed by atoms with Crippen LogP contribution >= 0.6 is 0 Å². The van der Waals surface area contributed by atoms with Gasteiger partial charge in [0.25, 0.3) is 5.91 Å². The van der Waals surface area contributed by atoms with Gasteiger partial charge in [-0.3, -0.25) is 4.79 Å². The van der Waals surface area contributed by atoms with Crippen LogP contribution in [0.5, 0.6) is 11.5 Å². The van der Waals surface area contributed by atoms with Crippen LogP contribution in [0.4, 0.5) is 10.5 Å². The molecule has 2 aromatic carbocycles. The number of anilines is 1. The van der Waals surface area contributed by atoms with Crippen molar-refractivity contribution in [2.45, 2.75) is 51.7 Å². The predicted octanol–water partition coefficient (Wildman–Crippen LogP) is 4.66. The number of carbonyl (C=O) groups excluding carboxylic acids is 3. The van der Waals surface area contributed by atoms with Crippen LogP contribution < -0.4 is 14.8 Å². The summed E-state index contributed by atoms with van der Waals surface area (Å²) in [5.41, 5.74) is 0.836. The smallest absolute Gasteiger partial charge is 0.410 e. The molecule has 0 aromatic heterocycles. The summed E-state index contributed by atoms with van der Waals surface area (Å²) in [6, 6.07) is 11.6.